The third-order valence-corrected chi connectivity index (χ3v) is 2.04. The van der Waals surface area contributed by atoms with Crippen LogP contribution in [-0.2, 0) is 0 Å². The van der Waals surface area contributed by atoms with E-state index in [1.54, 1.807) is 48.5 Å². The minimum atomic E-state index is -0.403. The number of carbonyl (C=O) groups is 1. The molecule has 3 heteroatoms. The summed E-state index contributed by atoms with van der Waals surface area (Å²) >= 11 is 0. The molecule has 2 aromatic carbocycles. The molecule has 16 heavy (non-hydrogen) atoms. The molecule has 0 bridgehead atoms. The Labute approximate surface area is 93.5 Å². The van der Waals surface area contributed by atoms with Crippen LogP contribution in [0.25, 0.3) is 0 Å². The van der Waals surface area contributed by atoms with Crippen LogP contribution < -0.4 is 10.5 Å². The topological polar surface area (TPSA) is 52.3 Å². The van der Waals surface area contributed by atoms with Crippen LogP contribution in [-0.4, -0.2) is 5.97 Å². The second-order valence-corrected chi connectivity index (χ2v) is 3.25. The summed E-state index contributed by atoms with van der Waals surface area (Å²) in [5, 5.41) is 0. The molecule has 0 aromatic heterocycles. The third-order valence-electron chi connectivity index (χ3n) is 2.04. The normalized spacial score (nSPS) is 9.75. The SMILES string of the molecule is Nc1ccc(C(=O)Oc2c[c]ccc2)cc1. The number of benzene rings is 2. The van der Waals surface area contributed by atoms with Gasteiger partial charge >= 0.3 is 5.97 Å². The van der Waals surface area contributed by atoms with Crippen LogP contribution in [0.5, 0.6) is 5.75 Å². The summed E-state index contributed by atoms with van der Waals surface area (Å²) in [6.07, 6.45) is 0. The Bertz CT molecular complexity index is 477. The number of hydrogen-bond acceptors (Lipinski definition) is 3. The molecule has 2 N–H and O–H groups in total. The summed E-state index contributed by atoms with van der Waals surface area (Å²) in [7, 11) is 0. The number of anilines is 1. The zero-order chi connectivity index (χ0) is 11.4. The second-order valence-electron chi connectivity index (χ2n) is 3.25. The lowest BCUT2D eigenvalue weighted by atomic mass is 10.2. The van der Waals surface area contributed by atoms with Gasteiger partial charge in [-0.15, -0.1) is 0 Å². The first-order valence-corrected chi connectivity index (χ1v) is 4.79. The van der Waals surface area contributed by atoms with Crippen molar-refractivity contribution in [2.45, 2.75) is 0 Å². The summed E-state index contributed by atoms with van der Waals surface area (Å²) in [4.78, 5) is 11.6. The Morgan fingerprint density at radius 1 is 1.19 bits per heavy atom. The molecule has 0 aliphatic heterocycles. The fourth-order valence-corrected chi connectivity index (χ4v) is 1.23. The lowest BCUT2D eigenvalue weighted by Gasteiger charge is -2.03. The molecule has 1 radical (unpaired) electrons. The molecule has 0 atom stereocenters. The van der Waals surface area contributed by atoms with Gasteiger partial charge in [-0.25, -0.2) is 4.79 Å². The van der Waals surface area contributed by atoms with Crippen molar-refractivity contribution in [3.8, 4) is 5.75 Å². The predicted molar refractivity (Wildman–Crippen MR) is 61.1 cm³/mol. The molecule has 0 fully saturated rings. The number of rotatable bonds is 2. The molecule has 0 saturated heterocycles. The van der Waals surface area contributed by atoms with Gasteiger partial charge in [0, 0.05) is 5.69 Å². The maximum absolute atomic E-state index is 11.6. The summed E-state index contributed by atoms with van der Waals surface area (Å²) < 4.78 is 5.13. The van der Waals surface area contributed by atoms with E-state index in [1.807, 2.05) is 0 Å². The minimum Gasteiger partial charge on any atom is -0.423 e. The van der Waals surface area contributed by atoms with E-state index in [9.17, 15) is 4.79 Å². The molecule has 0 saturated carbocycles. The van der Waals surface area contributed by atoms with E-state index in [4.69, 9.17) is 10.5 Å². The first-order chi connectivity index (χ1) is 7.75. The van der Waals surface area contributed by atoms with Gasteiger partial charge in [0.15, 0.2) is 0 Å². The number of nitrogen functional groups attached to an aromatic ring is 1. The summed E-state index contributed by atoms with van der Waals surface area (Å²) in [5.41, 5.74) is 6.61. The number of carbonyl (C=O) groups excluding carboxylic acids is 1. The molecule has 0 heterocycles. The fraction of sp³-hybridized carbons (Fsp3) is 0. The van der Waals surface area contributed by atoms with Crippen LogP contribution in [0.15, 0.2) is 48.5 Å². The Morgan fingerprint density at radius 2 is 1.94 bits per heavy atom. The zero-order valence-corrected chi connectivity index (χ0v) is 8.51. The highest BCUT2D eigenvalue weighted by molar-refractivity contribution is 5.91. The average Bonchev–Trinajstić information content (AvgIpc) is 2.31. The van der Waals surface area contributed by atoms with Gasteiger partial charge in [0.05, 0.1) is 5.56 Å². The standard InChI is InChI=1S/C13H10NO2/c14-11-8-6-10(7-9-11)13(15)16-12-4-2-1-3-5-12/h1-2,4-9H,14H2. The van der Waals surface area contributed by atoms with Crippen molar-refractivity contribution in [2.24, 2.45) is 0 Å². The van der Waals surface area contributed by atoms with E-state index in [2.05, 4.69) is 6.07 Å². The maximum atomic E-state index is 11.6. The van der Waals surface area contributed by atoms with Crippen molar-refractivity contribution < 1.29 is 9.53 Å². The van der Waals surface area contributed by atoms with Crippen LogP contribution in [0.1, 0.15) is 10.4 Å². The van der Waals surface area contributed by atoms with E-state index in [-0.39, 0.29) is 0 Å². The molecule has 0 spiro atoms. The van der Waals surface area contributed by atoms with E-state index in [0.717, 1.165) is 0 Å². The molecule has 0 aliphatic carbocycles. The highest BCUT2D eigenvalue weighted by atomic mass is 16.5. The molecule has 2 aromatic rings. The monoisotopic (exact) mass is 212 g/mol. The number of hydrogen-bond donors (Lipinski definition) is 1. The summed E-state index contributed by atoms with van der Waals surface area (Å²) in [6, 6.07) is 16.2. The summed E-state index contributed by atoms with van der Waals surface area (Å²) in [6.45, 7) is 0. The molecule has 2 rings (SSSR count). The molecule has 79 valence electrons. The van der Waals surface area contributed by atoms with Gasteiger partial charge in [0.2, 0.25) is 0 Å². The number of esters is 1. The van der Waals surface area contributed by atoms with E-state index < -0.39 is 5.97 Å². The quantitative estimate of drug-likeness (QED) is 0.472. The molecule has 0 aliphatic rings. The largest absolute Gasteiger partial charge is 0.423 e. The Kier molecular flexibility index (Phi) is 2.87. The van der Waals surface area contributed by atoms with Gasteiger partial charge in [0.25, 0.3) is 0 Å². The minimum absolute atomic E-state index is 0.403. The van der Waals surface area contributed by atoms with Crippen molar-refractivity contribution in [1.29, 1.82) is 0 Å². The lowest BCUT2D eigenvalue weighted by Crippen LogP contribution is -2.08. The highest BCUT2D eigenvalue weighted by Gasteiger charge is 2.07. The van der Waals surface area contributed by atoms with E-state index in [1.165, 1.54) is 0 Å². The predicted octanol–water partition coefficient (Wildman–Crippen LogP) is 2.29. The molecular weight excluding hydrogens is 202 g/mol. The van der Waals surface area contributed by atoms with Gasteiger partial charge in [-0.3, -0.25) is 0 Å². The fourth-order valence-electron chi connectivity index (χ4n) is 1.23. The maximum Gasteiger partial charge on any atom is 0.343 e. The Hall–Kier alpha value is -2.29. The molecule has 0 amide bonds. The van der Waals surface area contributed by atoms with E-state index >= 15 is 0 Å². The summed E-state index contributed by atoms with van der Waals surface area (Å²) in [5.74, 6) is 0.0731. The first-order valence-electron chi connectivity index (χ1n) is 4.79. The first kappa shape index (κ1) is 10.2. The third kappa shape index (κ3) is 2.39. The highest BCUT2D eigenvalue weighted by Crippen LogP contribution is 2.12. The van der Waals surface area contributed by atoms with Gasteiger partial charge < -0.3 is 10.5 Å². The van der Waals surface area contributed by atoms with Crippen LogP contribution in [0.2, 0.25) is 0 Å². The molecule has 0 unspecified atom stereocenters. The van der Waals surface area contributed by atoms with E-state index in [0.29, 0.717) is 17.0 Å². The smallest absolute Gasteiger partial charge is 0.343 e. The van der Waals surface area contributed by atoms with Crippen molar-refractivity contribution in [2.75, 3.05) is 5.73 Å². The average molecular weight is 212 g/mol. The van der Waals surface area contributed by atoms with Crippen LogP contribution >= 0.6 is 0 Å². The second kappa shape index (κ2) is 4.49. The Morgan fingerprint density at radius 3 is 2.56 bits per heavy atom. The van der Waals surface area contributed by atoms with Crippen molar-refractivity contribution in [1.82, 2.24) is 0 Å². The lowest BCUT2D eigenvalue weighted by molar-refractivity contribution is 0.0735. The van der Waals surface area contributed by atoms with Crippen LogP contribution in [0.3, 0.4) is 0 Å². The van der Waals surface area contributed by atoms with Gasteiger partial charge in [0.1, 0.15) is 5.75 Å². The van der Waals surface area contributed by atoms with Gasteiger partial charge in [-0.2, -0.15) is 0 Å². The van der Waals surface area contributed by atoms with Gasteiger partial charge in [-0.05, 0) is 42.5 Å². The van der Waals surface area contributed by atoms with Crippen LogP contribution in [0.4, 0.5) is 5.69 Å². The van der Waals surface area contributed by atoms with Gasteiger partial charge in [-0.1, -0.05) is 12.1 Å². The molecule has 3 nitrogen and oxygen atoms in total. The van der Waals surface area contributed by atoms with Crippen LogP contribution in [0, 0.1) is 6.07 Å². The number of ether oxygens (including phenoxy) is 1. The zero-order valence-electron chi connectivity index (χ0n) is 8.51. The van der Waals surface area contributed by atoms with Crippen molar-refractivity contribution in [3.05, 3.63) is 60.2 Å². The Balaban J connectivity index is 2.12. The van der Waals surface area contributed by atoms with Crippen molar-refractivity contribution >= 4 is 11.7 Å². The number of nitrogens with two attached hydrogens (primary N) is 1. The molecular formula is C13H10NO2. The van der Waals surface area contributed by atoms with Crippen molar-refractivity contribution in [3.63, 3.8) is 0 Å².